The lowest BCUT2D eigenvalue weighted by molar-refractivity contribution is 0.256. The van der Waals surface area contributed by atoms with Crippen LogP contribution >= 0.6 is 11.6 Å². The number of hydrogen-bond donors (Lipinski definition) is 1. The van der Waals surface area contributed by atoms with Gasteiger partial charge in [-0.05, 0) is 42.8 Å². The number of nitrogens with zero attached hydrogens (tertiary/aromatic N) is 3. The molecule has 0 fully saturated rings. The number of benzene rings is 1. The number of pyridine rings is 2. The van der Waals surface area contributed by atoms with Crippen LogP contribution in [-0.4, -0.2) is 29.2 Å². The smallest absolute Gasteiger partial charge is 0.327 e. The van der Waals surface area contributed by atoms with E-state index in [9.17, 15) is 4.79 Å². The van der Waals surface area contributed by atoms with E-state index in [1.807, 2.05) is 36.4 Å². The molecule has 0 saturated heterocycles. The SMILES string of the molecule is O=C(Nc1ccncc1)N1CCCOc2ccc(-c3cccc(Cl)c3)nc21. The minimum Gasteiger partial charge on any atom is -0.490 e. The number of carbonyl (C=O) groups excluding carboxylic acids is 1. The monoisotopic (exact) mass is 380 g/mol. The minimum absolute atomic E-state index is 0.260. The summed E-state index contributed by atoms with van der Waals surface area (Å²) in [6.07, 6.45) is 3.97. The summed E-state index contributed by atoms with van der Waals surface area (Å²) < 4.78 is 5.77. The molecule has 6 nitrogen and oxygen atoms in total. The van der Waals surface area contributed by atoms with Crippen molar-refractivity contribution in [2.24, 2.45) is 0 Å². The molecular weight excluding hydrogens is 364 g/mol. The Labute approximate surface area is 161 Å². The Morgan fingerprint density at radius 1 is 1.15 bits per heavy atom. The molecule has 0 aliphatic carbocycles. The van der Waals surface area contributed by atoms with E-state index >= 15 is 0 Å². The number of rotatable bonds is 2. The van der Waals surface area contributed by atoms with Gasteiger partial charge in [-0.3, -0.25) is 9.88 Å². The molecule has 2 aromatic heterocycles. The molecule has 0 saturated carbocycles. The van der Waals surface area contributed by atoms with Crippen LogP contribution in [-0.2, 0) is 0 Å². The first-order valence-corrected chi connectivity index (χ1v) is 8.97. The van der Waals surface area contributed by atoms with Crippen LogP contribution in [0.2, 0.25) is 5.02 Å². The Balaban J connectivity index is 1.69. The quantitative estimate of drug-likeness (QED) is 0.704. The zero-order chi connectivity index (χ0) is 18.6. The van der Waals surface area contributed by atoms with Gasteiger partial charge in [-0.25, -0.2) is 9.78 Å². The zero-order valence-electron chi connectivity index (χ0n) is 14.4. The summed E-state index contributed by atoms with van der Waals surface area (Å²) in [7, 11) is 0. The highest BCUT2D eigenvalue weighted by Crippen LogP contribution is 2.33. The number of urea groups is 1. The van der Waals surface area contributed by atoms with Crippen molar-refractivity contribution in [3.8, 4) is 17.0 Å². The number of amides is 2. The standard InChI is InChI=1S/C20H17ClN4O2/c21-15-4-1-3-14(13-15)17-5-6-18-19(24-17)25(11-2-12-27-18)20(26)23-16-7-9-22-10-8-16/h1,3-10,13H,2,11-12H2,(H,22,23,26). The number of aromatic nitrogens is 2. The first kappa shape index (κ1) is 17.3. The Hall–Kier alpha value is -3.12. The van der Waals surface area contributed by atoms with E-state index in [4.69, 9.17) is 21.3 Å². The van der Waals surface area contributed by atoms with Crippen LogP contribution < -0.4 is 15.0 Å². The van der Waals surface area contributed by atoms with Gasteiger partial charge in [0.1, 0.15) is 0 Å². The molecular formula is C20H17ClN4O2. The second kappa shape index (κ2) is 7.63. The molecule has 27 heavy (non-hydrogen) atoms. The van der Waals surface area contributed by atoms with E-state index in [0.717, 1.165) is 11.3 Å². The van der Waals surface area contributed by atoms with Gasteiger partial charge in [-0.1, -0.05) is 23.7 Å². The molecule has 2 amide bonds. The number of hydrogen-bond acceptors (Lipinski definition) is 4. The van der Waals surface area contributed by atoms with Crippen LogP contribution in [0.3, 0.4) is 0 Å². The Morgan fingerprint density at radius 3 is 2.81 bits per heavy atom. The molecule has 1 N–H and O–H groups in total. The average molecular weight is 381 g/mol. The Kier molecular flexibility index (Phi) is 4.89. The first-order valence-electron chi connectivity index (χ1n) is 8.59. The third-order valence-electron chi connectivity index (χ3n) is 4.18. The van der Waals surface area contributed by atoms with Crippen LogP contribution in [0.4, 0.5) is 16.3 Å². The van der Waals surface area contributed by atoms with Gasteiger partial charge in [-0.15, -0.1) is 0 Å². The van der Waals surface area contributed by atoms with Crippen LogP contribution in [0.25, 0.3) is 11.3 Å². The van der Waals surface area contributed by atoms with Crippen molar-refractivity contribution in [2.75, 3.05) is 23.4 Å². The number of ether oxygens (including phenoxy) is 1. The van der Waals surface area contributed by atoms with Crippen molar-refractivity contribution in [3.05, 3.63) is 65.9 Å². The lowest BCUT2D eigenvalue weighted by Crippen LogP contribution is -2.36. The zero-order valence-corrected chi connectivity index (χ0v) is 15.2. The predicted octanol–water partition coefficient (Wildman–Crippen LogP) is 4.62. The molecule has 0 spiro atoms. The molecule has 1 aliphatic rings. The molecule has 0 unspecified atom stereocenters. The largest absolute Gasteiger partial charge is 0.490 e. The Bertz CT molecular complexity index is 965. The lowest BCUT2D eigenvalue weighted by Gasteiger charge is -2.21. The maximum Gasteiger partial charge on any atom is 0.327 e. The summed E-state index contributed by atoms with van der Waals surface area (Å²) in [4.78, 5) is 23.1. The van der Waals surface area contributed by atoms with Crippen molar-refractivity contribution < 1.29 is 9.53 Å². The lowest BCUT2D eigenvalue weighted by atomic mass is 10.1. The van der Waals surface area contributed by atoms with E-state index in [1.165, 1.54) is 0 Å². The molecule has 3 aromatic rings. The van der Waals surface area contributed by atoms with E-state index in [0.29, 0.717) is 41.8 Å². The van der Waals surface area contributed by atoms with Gasteiger partial charge < -0.3 is 10.1 Å². The number of nitrogens with one attached hydrogen (secondary N) is 1. The molecule has 3 heterocycles. The van der Waals surface area contributed by atoms with Gasteiger partial charge in [0.2, 0.25) is 0 Å². The molecule has 0 radical (unpaired) electrons. The average Bonchev–Trinajstić information content (AvgIpc) is 2.90. The molecule has 1 aromatic carbocycles. The molecule has 0 atom stereocenters. The highest BCUT2D eigenvalue weighted by atomic mass is 35.5. The van der Waals surface area contributed by atoms with Crippen molar-refractivity contribution in [3.63, 3.8) is 0 Å². The molecule has 1 aliphatic heterocycles. The molecule has 7 heteroatoms. The van der Waals surface area contributed by atoms with E-state index < -0.39 is 0 Å². The summed E-state index contributed by atoms with van der Waals surface area (Å²) in [6.45, 7) is 1.04. The van der Waals surface area contributed by atoms with Crippen molar-refractivity contribution in [1.82, 2.24) is 9.97 Å². The third-order valence-corrected chi connectivity index (χ3v) is 4.41. The molecule has 136 valence electrons. The number of anilines is 2. The first-order chi connectivity index (χ1) is 13.2. The van der Waals surface area contributed by atoms with Crippen LogP contribution in [0.5, 0.6) is 5.75 Å². The van der Waals surface area contributed by atoms with Gasteiger partial charge in [0, 0.05) is 35.2 Å². The number of fused-ring (bicyclic) bond motifs is 1. The number of halogens is 1. The highest BCUT2D eigenvalue weighted by Gasteiger charge is 2.24. The van der Waals surface area contributed by atoms with Gasteiger partial charge >= 0.3 is 6.03 Å². The van der Waals surface area contributed by atoms with Gasteiger partial charge in [0.25, 0.3) is 0 Å². The fraction of sp³-hybridized carbons (Fsp3) is 0.150. The van der Waals surface area contributed by atoms with Gasteiger partial charge in [0.05, 0.1) is 12.3 Å². The predicted molar refractivity (Wildman–Crippen MR) is 105 cm³/mol. The third kappa shape index (κ3) is 3.85. The van der Waals surface area contributed by atoms with Crippen LogP contribution in [0, 0.1) is 0 Å². The second-order valence-corrected chi connectivity index (χ2v) is 6.48. The molecule has 0 bridgehead atoms. The van der Waals surface area contributed by atoms with Crippen molar-refractivity contribution >= 4 is 29.1 Å². The second-order valence-electron chi connectivity index (χ2n) is 6.05. The number of carbonyl (C=O) groups is 1. The Morgan fingerprint density at radius 2 is 2.00 bits per heavy atom. The summed E-state index contributed by atoms with van der Waals surface area (Å²) in [5, 5.41) is 3.51. The van der Waals surface area contributed by atoms with Crippen LogP contribution in [0.1, 0.15) is 6.42 Å². The topological polar surface area (TPSA) is 67.4 Å². The van der Waals surface area contributed by atoms with Crippen molar-refractivity contribution in [1.29, 1.82) is 0 Å². The van der Waals surface area contributed by atoms with E-state index in [2.05, 4.69) is 10.3 Å². The van der Waals surface area contributed by atoms with E-state index in [1.54, 1.807) is 29.4 Å². The van der Waals surface area contributed by atoms with Gasteiger partial charge in [-0.2, -0.15) is 0 Å². The summed E-state index contributed by atoms with van der Waals surface area (Å²) in [6, 6.07) is 14.4. The summed E-state index contributed by atoms with van der Waals surface area (Å²) in [5.74, 6) is 1.08. The normalized spacial score (nSPS) is 13.3. The minimum atomic E-state index is -0.260. The maximum atomic E-state index is 12.9. The van der Waals surface area contributed by atoms with Crippen molar-refractivity contribution in [2.45, 2.75) is 6.42 Å². The summed E-state index contributed by atoms with van der Waals surface area (Å²) >= 11 is 6.10. The molecule has 4 rings (SSSR count). The van der Waals surface area contributed by atoms with Gasteiger partial charge in [0.15, 0.2) is 11.6 Å². The fourth-order valence-electron chi connectivity index (χ4n) is 2.88. The highest BCUT2D eigenvalue weighted by molar-refractivity contribution is 6.30. The summed E-state index contributed by atoms with van der Waals surface area (Å²) in [5.41, 5.74) is 2.28. The van der Waals surface area contributed by atoms with E-state index in [-0.39, 0.29) is 6.03 Å². The maximum absolute atomic E-state index is 12.9. The van der Waals surface area contributed by atoms with Crippen LogP contribution in [0.15, 0.2) is 60.9 Å². The fourth-order valence-corrected chi connectivity index (χ4v) is 3.08.